The van der Waals surface area contributed by atoms with Crippen molar-refractivity contribution < 1.29 is 17.2 Å². The summed E-state index contributed by atoms with van der Waals surface area (Å²) in [6.07, 6.45) is 5.31. The number of nitrogens with one attached hydrogen (secondary N) is 1. The third-order valence-electron chi connectivity index (χ3n) is 1.74. The quantitative estimate of drug-likeness (QED) is 0.651. The Morgan fingerprint density at radius 3 is 2.56 bits per heavy atom. The molecule has 0 saturated heterocycles. The maximum Gasteiger partial charge on any atom is 0.446 e. The summed E-state index contributed by atoms with van der Waals surface area (Å²) in [7, 11) is -4.47. The molecule has 0 unspecified atom stereocenters. The molecular formula is C10H11NO4S3. The van der Waals surface area contributed by atoms with E-state index in [4.69, 9.17) is 16.8 Å². The van der Waals surface area contributed by atoms with Crippen molar-refractivity contribution in [1.82, 2.24) is 5.32 Å². The molecule has 0 radical (unpaired) electrons. The molecule has 2 N–H and O–H groups in total. The Hall–Kier alpha value is -1.09. The van der Waals surface area contributed by atoms with Gasteiger partial charge >= 0.3 is 10.4 Å². The lowest BCUT2D eigenvalue weighted by molar-refractivity contribution is 0.387. The summed E-state index contributed by atoms with van der Waals surface area (Å²) in [6, 6.07) is 6.14. The lowest BCUT2D eigenvalue weighted by Crippen LogP contribution is -2.08. The molecule has 1 rings (SSSR count). The van der Waals surface area contributed by atoms with Gasteiger partial charge in [-0.05, 0) is 30.0 Å². The second-order valence-electron chi connectivity index (χ2n) is 3.05. The molecule has 0 amide bonds. The number of benzene rings is 1. The summed E-state index contributed by atoms with van der Waals surface area (Å²) >= 11 is 6.36. The highest BCUT2D eigenvalue weighted by Gasteiger charge is 2.05. The average Bonchev–Trinajstić information content (AvgIpc) is 2.29. The SMILES string of the molecule is CSC(=S)N/C=C/c1ccc(OS(=O)(=O)O)cc1. The van der Waals surface area contributed by atoms with E-state index >= 15 is 0 Å². The molecule has 0 fully saturated rings. The van der Waals surface area contributed by atoms with E-state index in [1.54, 1.807) is 24.4 Å². The van der Waals surface area contributed by atoms with Gasteiger partial charge in [-0.1, -0.05) is 24.4 Å². The lowest BCUT2D eigenvalue weighted by Gasteiger charge is -2.01. The van der Waals surface area contributed by atoms with Crippen molar-refractivity contribution in [1.29, 1.82) is 0 Å². The molecule has 0 aromatic heterocycles. The summed E-state index contributed by atoms with van der Waals surface area (Å²) in [5.41, 5.74) is 0.828. The molecule has 18 heavy (non-hydrogen) atoms. The van der Waals surface area contributed by atoms with Gasteiger partial charge in [-0.2, -0.15) is 8.42 Å². The zero-order valence-electron chi connectivity index (χ0n) is 9.36. The van der Waals surface area contributed by atoms with Gasteiger partial charge < -0.3 is 9.50 Å². The van der Waals surface area contributed by atoms with Crippen molar-refractivity contribution in [3.63, 3.8) is 0 Å². The molecule has 0 spiro atoms. The molecule has 1 aromatic rings. The number of thiocarbonyl (C=S) groups is 1. The van der Waals surface area contributed by atoms with Crippen LogP contribution in [0.5, 0.6) is 5.75 Å². The zero-order valence-corrected chi connectivity index (χ0v) is 11.8. The maximum atomic E-state index is 10.5. The standard InChI is InChI=1S/C10H11NO4S3/c1-17-10(16)11-7-6-8-2-4-9(5-3-8)15-18(12,13)14/h2-7H,1H3,(H,11,16)(H,12,13,14)/b7-6+. The monoisotopic (exact) mass is 305 g/mol. The second-order valence-corrected chi connectivity index (χ2v) is 5.55. The van der Waals surface area contributed by atoms with Crippen LogP contribution in [0.1, 0.15) is 5.56 Å². The van der Waals surface area contributed by atoms with Gasteiger partial charge in [0.25, 0.3) is 0 Å². The van der Waals surface area contributed by atoms with Gasteiger partial charge in [-0.3, -0.25) is 4.55 Å². The average molecular weight is 305 g/mol. The molecule has 5 nitrogen and oxygen atoms in total. The Morgan fingerprint density at radius 2 is 2.06 bits per heavy atom. The van der Waals surface area contributed by atoms with Crippen LogP contribution in [-0.4, -0.2) is 23.5 Å². The molecule has 0 saturated carbocycles. The van der Waals surface area contributed by atoms with Gasteiger partial charge in [0.15, 0.2) is 0 Å². The van der Waals surface area contributed by atoms with E-state index < -0.39 is 10.4 Å². The lowest BCUT2D eigenvalue weighted by atomic mass is 10.2. The summed E-state index contributed by atoms with van der Waals surface area (Å²) in [4.78, 5) is 0. The van der Waals surface area contributed by atoms with E-state index in [0.717, 1.165) is 5.56 Å². The summed E-state index contributed by atoms with van der Waals surface area (Å²) in [5.74, 6) is 0.0437. The minimum atomic E-state index is -4.47. The molecule has 0 aliphatic heterocycles. The highest BCUT2D eigenvalue weighted by atomic mass is 32.3. The molecule has 0 heterocycles. The van der Waals surface area contributed by atoms with Crippen molar-refractivity contribution in [2.45, 2.75) is 0 Å². The van der Waals surface area contributed by atoms with E-state index in [0.29, 0.717) is 4.32 Å². The van der Waals surface area contributed by atoms with Gasteiger partial charge in [-0.25, -0.2) is 0 Å². The summed E-state index contributed by atoms with van der Waals surface area (Å²) in [6.45, 7) is 0. The molecule has 98 valence electrons. The Morgan fingerprint density at radius 1 is 1.44 bits per heavy atom. The summed E-state index contributed by atoms with van der Waals surface area (Å²) < 4.78 is 34.3. The van der Waals surface area contributed by atoms with Crippen LogP contribution in [0, 0.1) is 0 Å². The van der Waals surface area contributed by atoms with Crippen LogP contribution in [-0.2, 0) is 10.4 Å². The number of hydrogen-bond acceptors (Lipinski definition) is 5. The number of thioether (sulfide) groups is 1. The van der Waals surface area contributed by atoms with Gasteiger partial charge in [0.2, 0.25) is 0 Å². The second kappa shape index (κ2) is 6.74. The van der Waals surface area contributed by atoms with Crippen LogP contribution in [0.15, 0.2) is 30.5 Å². The zero-order chi connectivity index (χ0) is 13.6. The fraction of sp³-hybridized carbons (Fsp3) is 0.100. The van der Waals surface area contributed by atoms with Crippen LogP contribution < -0.4 is 9.50 Å². The van der Waals surface area contributed by atoms with E-state index in [1.165, 1.54) is 23.9 Å². The van der Waals surface area contributed by atoms with Crippen molar-refractivity contribution in [2.24, 2.45) is 0 Å². The normalized spacial score (nSPS) is 11.4. The molecule has 0 atom stereocenters. The first-order valence-electron chi connectivity index (χ1n) is 4.69. The number of hydrogen-bond donors (Lipinski definition) is 2. The molecule has 8 heteroatoms. The van der Waals surface area contributed by atoms with E-state index in [2.05, 4.69) is 9.50 Å². The van der Waals surface area contributed by atoms with E-state index in [-0.39, 0.29) is 5.75 Å². The van der Waals surface area contributed by atoms with Gasteiger partial charge in [0, 0.05) is 6.20 Å². The molecule has 0 aliphatic rings. The molecule has 0 aliphatic carbocycles. The van der Waals surface area contributed by atoms with Crippen molar-refractivity contribution >= 4 is 44.8 Å². The first-order chi connectivity index (χ1) is 8.40. The Bertz CT molecular complexity index is 537. The molecule has 1 aromatic carbocycles. The minimum Gasteiger partial charge on any atom is -0.362 e. The predicted octanol–water partition coefficient (Wildman–Crippen LogP) is 2.08. The fourth-order valence-corrected chi connectivity index (χ4v) is 1.63. The van der Waals surface area contributed by atoms with E-state index in [1.807, 2.05) is 6.26 Å². The van der Waals surface area contributed by atoms with Crippen LogP contribution in [0.2, 0.25) is 0 Å². The Labute approximate surface area is 115 Å². The highest BCUT2D eigenvalue weighted by Crippen LogP contribution is 2.14. The smallest absolute Gasteiger partial charge is 0.362 e. The van der Waals surface area contributed by atoms with Crippen LogP contribution in [0.4, 0.5) is 0 Å². The molecular weight excluding hydrogens is 294 g/mol. The van der Waals surface area contributed by atoms with Crippen molar-refractivity contribution in [3.8, 4) is 5.75 Å². The topological polar surface area (TPSA) is 75.6 Å². The Balaban J connectivity index is 2.63. The highest BCUT2D eigenvalue weighted by molar-refractivity contribution is 8.22. The van der Waals surface area contributed by atoms with Gasteiger partial charge in [0.05, 0.1) is 0 Å². The van der Waals surface area contributed by atoms with Crippen molar-refractivity contribution in [2.75, 3.05) is 6.26 Å². The van der Waals surface area contributed by atoms with Gasteiger partial charge in [-0.15, -0.1) is 11.8 Å². The third-order valence-corrected chi connectivity index (χ3v) is 3.25. The van der Waals surface area contributed by atoms with Crippen LogP contribution in [0.25, 0.3) is 6.08 Å². The van der Waals surface area contributed by atoms with E-state index in [9.17, 15) is 8.42 Å². The summed E-state index contributed by atoms with van der Waals surface area (Å²) in [5, 5.41) is 2.88. The largest absolute Gasteiger partial charge is 0.446 e. The van der Waals surface area contributed by atoms with Crippen molar-refractivity contribution in [3.05, 3.63) is 36.0 Å². The first kappa shape index (κ1) is 15.0. The molecule has 0 bridgehead atoms. The Kier molecular flexibility index (Phi) is 5.60. The van der Waals surface area contributed by atoms with Gasteiger partial charge in [0.1, 0.15) is 10.1 Å². The minimum absolute atomic E-state index is 0.0437. The predicted molar refractivity (Wildman–Crippen MR) is 76.9 cm³/mol. The fourth-order valence-electron chi connectivity index (χ4n) is 1.02. The first-order valence-corrected chi connectivity index (χ1v) is 7.68. The van der Waals surface area contributed by atoms with Crippen LogP contribution >= 0.6 is 24.0 Å². The van der Waals surface area contributed by atoms with Crippen LogP contribution in [0.3, 0.4) is 0 Å². The number of rotatable bonds is 4. The maximum absolute atomic E-state index is 10.5. The third kappa shape index (κ3) is 6.01.